The van der Waals surface area contributed by atoms with Crippen molar-refractivity contribution < 1.29 is 0 Å². The Hall–Kier alpha value is -5.06. The number of pyridine rings is 2. The van der Waals surface area contributed by atoms with Gasteiger partial charge in [0.25, 0.3) is 0 Å². The Morgan fingerprint density at radius 1 is 0.550 bits per heavy atom. The van der Waals surface area contributed by atoms with Crippen molar-refractivity contribution in [1.82, 2.24) is 14.5 Å². The predicted octanol–water partition coefficient (Wildman–Crippen LogP) is 9.91. The highest BCUT2D eigenvalue weighted by atomic mass is 32.1. The zero-order chi connectivity index (χ0) is 26.2. The molecule has 0 aliphatic carbocycles. The molecule has 0 spiro atoms. The molecule has 0 amide bonds. The zero-order valence-corrected chi connectivity index (χ0v) is 22.2. The van der Waals surface area contributed by atoms with Gasteiger partial charge in [0.05, 0.1) is 22.9 Å². The third-order valence-corrected chi connectivity index (χ3v) is 9.31. The first-order chi connectivity index (χ1) is 19.8. The molecule has 0 bridgehead atoms. The average molecular weight is 528 g/mol. The molecule has 40 heavy (non-hydrogen) atoms. The second kappa shape index (κ2) is 8.22. The van der Waals surface area contributed by atoms with Crippen LogP contribution in [0.25, 0.3) is 80.3 Å². The predicted molar refractivity (Wildman–Crippen MR) is 170 cm³/mol. The van der Waals surface area contributed by atoms with E-state index in [0.717, 1.165) is 16.8 Å². The van der Waals surface area contributed by atoms with Crippen molar-refractivity contribution in [2.45, 2.75) is 0 Å². The van der Waals surface area contributed by atoms with E-state index >= 15 is 0 Å². The molecule has 0 radical (unpaired) electrons. The van der Waals surface area contributed by atoms with Crippen molar-refractivity contribution in [2.75, 3.05) is 0 Å². The second-order valence-electron chi connectivity index (χ2n) is 10.3. The number of fused-ring (bicyclic) bond motifs is 11. The van der Waals surface area contributed by atoms with E-state index in [1.165, 1.54) is 63.5 Å². The topological polar surface area (TPSA) is 30.7 Å². The first-order valence-corrected chi connectivity index (χ1v) is 14.2. The fraction of sp³-hybridized carbons (Fsp3) is 0. The maximum atomic E-state index is 4.77. The van der Waals surface area contributed by atoms with Gasteiger partial charge >= 0.3 is 0 Å². The SMILES string of the molecule is c1ccc2cc(-c3cncc(-n4c5ccccc5c5c6ccncc6c6sc7ccccc7c6c54)c3)ccc2c1. The summed E-state index contributed by atoms with van der Waals surface area (Å²) in [6.45, 7) is 0. The molecule has 5 aromatic carbocycles. The van der Waals surface area contributed by atoms with E-state index in [9.17, 15) is 0 Å². The van der Waals surface area contributed by atoms with Crippen LogP contribution in [-0.2, 0) is 0 Å². The van der Waals surface area contributed by atoms with E-state index in [1.54, 1.807) is 0 Å². The van der Waals surface area contributed by atoms with E-state index in [0.29, 0.717) is 0 Å². The van der Waals surface area contributed by atoms with Crippen LogP contribution in [0.5, 0.6) is 0 Å². The number of aromatic nitrogens is 3. The van der Waals surface area contributed by atoms with Gasteiger partial charge in [-0.1, -0.05) is 72.8 Å². The van der Waals surface area contributed by atoms with E-state index < -0.39 is 0 Å². The fourth-order valence-corrected chi connectivity index (χ4v) is 7.59. The number of thiophene rings is 1. The molecule has 4 heterocycles. The average Bonchev–Trinajstić information content (AvgIpc) is 3.58. The van der Waals surface area contributed by atoms with Crippen molar-refractivity contribution in [3.05, 3.63) is 128 Å². The van der Waals surface area contributed by atoms with Crippen LogP contribution in [0.15, 0.2) is 128 Å². The molecule has 0 aliphatic rings. The Balaban J connectivity index is 1.44. The molecular weight excluding hydrogens is 506 g/mol. The quantitative estimate of drug-likeness (QED) is 0.224. The van der Waals surface area contributed by atoms with Gasteiger partial charge in [0.2, 0.25) is 0 Å². The molecule has 0 saturated heterocycles. The van der Waals surface area contributed by atoms with Crippen LogP contribution >= 0.6 is 11.3 Å². The third-order valence-electron chi connectivity index (χ3n) is 8.11. The van der Waals surface area contributed by atoms with E-state index in [1.807, 2.05) is 36.1 Å². The smallest absolute Gasteiger partial charge is 0.0651 e. The van der Waals surface area contributed by atoms with Gasteiger partial charge in [-0.25, -0.2) is 0 Å². The number of hydrogen-bond donors (Lipinski definition) is 0. The number of hydrogen-bond acceptors (Lipinski definition) is 3. The maximum Gasteiger partial charge on any atom is 0.0651 e. The lowest BCUT2D eigenvalue weighted by Gasteiger charge is -2.12. The first-order valence-electron chi connectivity index (χ1n) is 13.4. The van der Waals surface area contributed by atoms with Crippen molar-refractivity contribution in [2.24, 2.45) is 0 Å². The number of rotatable bonds is 2. The van der Waals surface area contributed by atoms with Crippen LogP contribution in [-0.4, -0.2) is 14.5 Å². The molecule has 4 aromatic heterocycles. The highest BCUT2D eigenvalue weighted by Gasteiger charge is 2.22. The lowest BCUT2D eigenvalue weighted by molar-refractivity contribution is 1.15. The molecule has 0 fully saturated rings. The Morgan fingerprint density at radius 2 is 1.38 bits per heavy atom. The Kier molecular flexibility index (Phi) is 4.48. The molecular formula is C36H21N3S. The minimum absolute atomic E-state index is 1.06. The van der Waals surface area contributed by atoms with Gasteiger partial charge in [-0.3, -0.25) is 9.97 Å². The normalized spacial score (nSPS) is 12.0. The molecule has 4 heteroatoms. The highest BCUT2D eigenvalue weighted by molar-refractivity contribution is 7.27. The van der Waals surface area contributed by atoms with Crippen LogP contribution < -0.4 is 0 Å². The third kappa shape index (κ3) is 2.99. The standard InChI is InChI=1S/C36H21N3S/c1-2-8-23-17-24(14-13-22(23)7-1)25-18-26(20-38-19-25)39-31-11-5-3-9-28(31)33-27-15-16-37-21-30(27)36-34(35(33)39)29-10-4-6-12-32(29)40-36/h1-21H. The molecule has 0 saturated carbocycles. The Bertz CT molecular complexity index is 2450. The summed E-state index contributed by atoms with van der Waals surface area (Å²) in [6.07, 6.45) is 7.90. The van der Waals surface area contributed by atoms with Crippen LogP contribution in [0.3, 0.4) is 0 Å². The summed E-state index contributed by atoms with van der Waals surface area (Å²) < 4.78 is 4.98. The summed E-state index contributed by atoms with van der Waals surface area (Å²) in [6, 6.07) is 37.1. The van der Waals surface area contributed by atoms with Crippen LogP contribution in [0.4, 0.5) is 0 Å². The van der Waals surface area contributed by atoms with Gasteiger partial charge in [-0.05, 0) is 52.1 Å². The Labute approximate surface area is 233 Å². The largest absolute Gasteiger partial charge is 0.307 e. The molecule has 9 aromatic rings. The summed E-state index contributed by atoms with van der Waals surface area (Å²) in [5, 5.41) is 9.97. The zero-order valence-electron chi connectivity index (χ0n) is 21.4. The monoisotopic (exact) mass is 527 g/mol. The van der Waals surface area contributed by atoms with Gasteiger partial charge in [-0.15, -0.1) is 11.3 Å². The Morgan fingerprint density at radius 3 is 2.33 bits per heavy atom. The number of nitrogens with zero attached hydrogens (tertiary/aromatic N) is 3. The van der Waals surface area contributed by atoms with Crippen molar-refractivity contribution in [3.63, 3.8) is 0 Å². The maximum absolute atomic E-state index is 4.77. The van der Waals surface area contributed by atoms with Gasteiger partial charge in [-0.2, -0.15) is 0 Å². The lowest BCUT2D eigenvalue weighted by Crippen LogP contribution is -1.96. The molecule has 0 N–H and O–H groups in total. The molecule has 9 rings (SSSR count). The molecule has 0 unspecified atom stereocenters. The van der Waals surface area contributed by atoms with Crippen molar-refractivity contribution in [3.8, 4) is 16.8 Å². The highest BCUT2D eigenvalue weighted by Crippen LogP contribution is 2.47. The van der Waals surface area contributed by atoms with Gasteiger partial charge < -0.3 is 4.57 Å². The van der Waals surface area contributed by atoms with Crippen LogP contribution in [0.2, 0.25) is 0 Å². The van der Waals surface area contributed by atoms with Gasteiger partial charge in [0, 0.05) is 60.5 Å². The van der Waals surface area contributed by atoms with Crippen LogP contribution in [0.1, 0.15) is 0 Å². The van der Waals surface area contributed by atoms with E-state index in [2.05, 4.69) is 113 Å². The molecule has 186 valence electrons. The number of para-hydroxylation sites is 1. The fourth-order valence-electron chi connectivity index (χ4n) is 6.36. The summed E-state index contributed by atoms with van der Waals surface area (Å²) in [4.78, 5) is 9.32. The number of benzene rings is 5. The van der Waals surface area contributed by atoms with Crippen molar-refractivity contribution >= 4 is 74.9 Å². The summed E-state index contributed by atoms with van der Waals surface area (Å²) in [7, 11) is 0. The lowest BCUT2D eigenvalue weighted by atomic mass is 10.0. The first kappa shape index (κ1) is 21.8. The minimum atomic E-state index is 1.06. The second-order valence-corrected chi connectivity index (χ2v) is 11.3. The summed E-state index contributed by atoms with van der Waals surface area (Å²) >= 11 is 1.85. The summed E-state index contributed by atoms with van der Waals surface area (Å²) in [5.41, 5.74) is 5.73. The minimum Gasteiger partial charge on any atom is -0.307 e. The van der Waals surface area contributed by atoms with Gasteiger partial charge in [0.1, 0.15) is 0 Å². The van der Waals surface area contributed by atoms with Gasteiger partial charge in [0.15, 0.2) is 0 Å². The van der Waals surface area contributed by atoms with Crippen molar-refractivity contribution in [1.29, 1.82) is 0 Å². The molecule has 0 atom stereocenters. The van der Waals surface area contributed by atoms with E-state index in [-0.39, 0.29) is 0 Å². The molecule has 0 aliphatic heterocycles. The summed E-state index contributed by atoms with van der Waals surface area (Å²) in [5.74, 6) is 0. The van der Waals surface area contributed by atoms with E-state index in [4.69, 9.17) is 4.98 Å². The molecule has 3 nitrogen and oxygen atoms in total. The van der Waals surface area contributed by atoms with Crippen LogP contribution in [0, 0.1) is 0 Å².